The molecule has 2 amide bonds. The van der Waals surface area contributed by atoms with Crippen molar-refractivity contribution in [3.05, 3.63) is 65.2 Å². The molecule has 0 saturated heterocycles. The van der Waals surface area contributed by atoms with Gasteiger partial charge in [-0.1, -0.05) is 30.3 Å². The lowest BCUT2D eigenvalue weighted by molar-refractivity contribution is -0.131. The van der Waals surface area contributed by atoms with Crippen LogP contribution in [-0.4, -0.2) is 42.3 Å². The standard InChI is InChI=1S/C21H27N3O2/c1-4-24(20(25)14-13-17-7-5-6-8-19(17)22)15-16-9-11-18(12-10-16)21(26)23(2)3/h5-12H,4,13-15,22H2,1-3H3. The number of benzene rings is 2. The van der Waals surface area contributed by atoms with Crippen LogP contribution in [0.2, 0.25) is 0 Å². The molecule has 2 rings (SSSR count). The Morgan fingerprint density at radius 2 is 1.65 bits per heavy atom. The van der Waals surface area contributed by atoms with Crippen molar-refractivity contribution in [2.24, 2.45) is 0 Å². The van der Waals surface area contributed by atoms with Crippen LogP contribution in [0, 0.1) is 0 Å². The summed E-state index contributed by atoms with van der Waals surface area (Å²) in [6, 6.07) is 15.1. The van der Waals surface area contributed by atoms with E-state index in [2.05, 4.69) is 0 Å². The summed E-state index contributed by atoms with van der Waals surface area (Å²) >= 11 is 0. The predicted octanol–water partition coefficient (Wildman–Crippen LogP) is 2.95. The van der Waals surface area contributed by atoms with Gasteiger partial charge in [0, 0.05) is 44.9 Å². The third-order valence-electron chi connectivity index (χ3n) is 4.38. The van der Waals surface area contributed by atoms with E-state index in [1.165, 1.54) is 0 Å². The normalized spacial score (nSPS) is 10.4. The summed E-state index contributed by atoms with van der Waals surface area (Å²) in [5.74, 6) is 0.0737. The molecule has 0 aliphatic heterocycles. The lowest BCUT2D eigenvalue weighted by Gasteiger charge is -2.21. The molecule has 0 heterocycles. The number of hydrogen-bond donors (Lipinski definition) is 1. The van der Waals surface area contributed by atoms with Gasteiger partial charge in [-0.05, 0) is 42.7 Å². The molecule has 2 aromatic rings. The maximum atomic E-state index is 12.6. The lowest BCUT2D eigenvalue weighted by Crippen LogP contribution is -2.30. The summed E-state index contributed by atoms with van der Waals surface area (Å²) in [4.78, 5) is 27.9. The number of carbonyl (C=O) groups is 2. The number of anilines is 1. The van der Waals surface area contributed by atoms with E-state index in [9.17, 15) is 9.59 Å². The van der Waals surface area contributed by atoms with Crippen molar-refractivity contribution in [1.82, 2.24) is 9.80 Å². The molecule has 5 nitrogen and oxygen atoms in total. The molecule has 0 spiro atoms. The maximum absolute atomic E-state index is 12.6. The Morgan fingerprint density at radius 3 is 2.23 bits per heavy atom. The van der Waals surface area contributed by atoms with Crippen molar-refractivity contribution in [3.63, 3.8) is 0 Å². The van der Waals surface area contributed by atoms with Crippen LogP contribution in [-0.2, 0) is 17.8 Å². The SMILES string of the molecule is CCN(Cc1ccc(C(=O)N(C)C)cc1)C(=O)CCc1ccccc1N. The van der Waals surface area contributed by atoms with E-state index in [0.717, 1.165) is 16.8 Å². The van der Waals surface area contributed by atoms with Crippen molar-refractivity contribution in [2.75, 3.05) is 26.4 Å². The number of aryl methyl sites for hydroxylation is 1. The van der Waals surface area contributed by atoms with Crippen LogP contribution in [0.15, 0.2) is 48.5 Å². The van der Waals surface area contributed by atoms with Crippen LogP contribution < -0.4 is 5.73 Å². The summed E-state index contributed by atoms with van der Waals surface area (Å²) in [6.07, 6.45) is 1.07. The summed E-state index contributed by atoms with van der Waals surface area (Å²) in [5.41, 5.74) is 9.33. The molecule has 0 aliphatic rings. The molecule has 0 aliphatic carbocycles. The summed E-state index contributed by atoms with van der Waals surface area (Å²) in [5, 5.41) is 0. The number of nitrogens with zero attached hydrogens (tertiary/aromatic N) is 2. The second-order valence-corrected chi connectivity index (χ2v) is 6.50. The molecule has 138 valence electrons. The zero-order valence-electron chi connectivity index (χ0n) is 15.7. The third kappa shape index (κ3) is 5.09. The smallest absolute Gasteiger partial charge is 0.253 e. The van der Waals surface area contributed by atoms with E-state index in [-0.39, 0.29) is 11.8 Å². The zero-order chi connectivity index (χ0) is 19.1. The maximum Gasteiger partial charge on any atom is 0.253 e. The molecule has 2 aromatic carbocycles. The second kappa shape index (κ2) is 9.04. The molecular weight excluding hydrogens is 326 g/mol. The Balaban J connectivity index is 1.96. The molecule has 26 heavy (non-hydrogen) atoms. The van der Waals surface area contributed by atoms with E-state index in [4.69, 9.17) is 5.73 Å². The van der Waals surface area contributed by atoms with Crippen LogP contribution in [0.4, 0.5) is 5.69 Å². The van der Waals surface area contributed by atoms with Crippen LogP contribution in [0.3, 0.4) is 0 Å². The van der Waals surface area contributed by atoms with E-state index < -0.39 is 0 Å². The summed E-state index contributed by atoms with van der Waals surface area (Å²) in [7, 11) is 3.46. The first-order valence-corrected chi connectivity index (χ1v) is 8.84. The first kappa shape index (κ1) is 19.5. The van der Waals surface area contributed by atoms with Gasteiger partial charge in [0.15, 0.2) is 0 Å². The van der Waals surface area contributed by atoms with Gasteiger partial charge in [0.2, 0.25) is 5.91 Å². The van der Waals surface area contributed by atoms with Gasteiger partial charge in [0.25, 0.3) is 5.91 Å². The van der Waals surface area contributed by atoms with Gasteiger partial charge in [-0.2, -0.15) is 0 Å². The first-order valence-electron chi connectivity index (χ1n) is 8.84. The van der Waals surface area contributed by atoms with Gasteiger partial charge in [0.1, 0.15) is 0 Å². The number of carbonyl (C=O) groups excluding carboxylic acids is 2. The average Bonchev–Trinajstić information content (AvgIpc) is 2.65. The van der Waals surface area contributed by atoms with E-state index >= 15 is 0 Å². The highest BCUT2D eigenvalue weighted by Crippen LogP contribution is 2.15. The first-order chi connectivity index (χ1) is 12.4. The van der Waals surface area contributed by atoms with Gasteiger partial charge < -0.3 is 15.5 Å². The van der Waals surface area contributed by atoms with Crippen molar-refractivity contribution in [2.45, 2.75) is 26.3 Å². The minimum absolute atomic E-state index is 0.0274. The predicted molar refractivity (Wildman–Crippen MR) is 105 cm³/mol. The Labute approximate surface area is 155 Å². The van der Waals surface area contributed by atoms with Gasteiger partial charge in [-0.15, -0.1) is 0 Å². The van der Waals surface area contributed by atoms with E-state index in [1.807, 2.05) is 48.2 Å². The lowest BCUT2D eigenvalue weighted by atomic mass is 10.1. The Kier molecular flexibility index (Phi) is 6.78. The van der Waals surface area contributed by atoms with Gasteiger partial charge in [-0.25, -0.2) is 0 Å². The van der Waals surface area contributed by atoms with Crippen molar-refractivity contribution in [1.29, 1.82) is 0 Å². The molecule has 0 saturated carbocycles. The van der Waals surface area contributed by atoms with Crippen molar-refractivity contribution < 1.29 is 9.59 Å². The third-order valence-corrected chi connectivity index (χ3v) is 4.38. The number of nitrogens with two attached hydrogens (primary N) is 1. The van der Waals surface area contributed by atoms with Crippen LogP contribution in [0.25, 0.3) is 0 Å². The number of para-hydroxylation sites is 1. The number of hydrogen-bond acceptors (Lipinski definition) is 3. The zero-order valence-corrected chi connectivity index (χ0v) is 15.7. The fraction of sp³-hybridized carbons (Fsp3) is 0.333. The topological polar surface area (TPSA) is 66.6 Å². The van der Waals surface area contributed by atoms with Gasteiger partial charge >= 0.3 is 0 Å². The van der Waals surface area contributed by atoms with Gasteiger partial charge in [-0.3, -0.25) is 9.59 Å². The molecule has 2 N–H and O–H groups in total. The van der Waals surface area contributed by atoms with E-state index in [1.54, 1.807) is 31.1 Å². The summed E-state index contributed by atoms with van der Waals surface area (Å²) < 4.78 is 0. The molecular formula is C21H27N3O2. The highest BCUT2D eigenvalue weighted by atomic mass is 16.2. The molecule has 5 heteroatoms. The molecule has 0 aromatic heterocycles. The minimum atomic E-state index is -0.0274. The number of nitrogen functional groups attached to an aromatic ring is 1. The second-order valence-electron chi connectivity index (χ2n) is 6.50. The monoisotopic (exact) mass is 353 g/mol. The fourth-order valence-corrected chi connectivity index (χ4v) is 2.77. The Bertz CT molecular complexity index is 754. The average molecular weight is 353 g/mol. The highest BCUT2D eigenvalue weighted by Gasteiger charge is 2.14. The van der Waals surface area contributed by atoms with Crippen molar-refractivity contribution >= 4 is 17.5 Å². The summed E-state index contributed by atoms with van der Waals surface area (Å²) in [6.45, 7) is 3.15. The van der Waals surface area contributed by atoms with Crippen LogP contribution in [0.5, 0.6) is 0 Å². The molecule has 0 atom stereocenters. The van der Waals surface area contributed by atoms with E-state index in [0.29, 0.717) is 31.5 Å². The minimum Gasteiger partial charge on any atom is -0.399 e. The molecule has 0 radical (unpaired) electrons. The largest absolute Gasteiger partial charge is 0.399 e. The number of amides is 2. The molecule has 0 fully saturated rings. The van der Waals surface area contributed by atoms with Crippen LogP contribution in [0.1, 0.15) is 34.8 Å². The van der Waals surface area contributed by atoms with Gasteiger partial charge in [0.05, 0.1) is 0 Å². The quantitative estimate of drug-likeness (QED) is 0.778. The Morgan fingerprint density at radius 1 is 1.00 bits per heavy atom. The fourth-order valence-electron chi connectivity index (χ4n) is 2.77. The molecule has 0 bridgehead atoms. The van der Waals surface area contributed by atoms with Crippen molar-refractivity contribution in [3.8, 4) is 0 Å². The van der Waals surface area contributed by atoms with Crippen LogP contribution >= 0.6 is 0 Å². The molecule has 0 unspecified atom stereocenters. The Hall–Kier alpha value is -2.82. The highest BCUT2D eigenvalue weighted by molar-refractivity contribution is 5.93. The number of rotatable bonds is 7.